The maximum Gasteiger partial charge on any atom is 0.318 e. The molecule has 2 aromatic carbocycles. The van der Waals surface area contributed by atoms with Crippen LogP contribution in [0.1, 0.15) is 30.0 Å². The van der Waals surface area contributed by atoms with Gasteiger partial charge in [0.2, 0.25) is 0 Å². The summed E-state index contributed by atoms with van der Waals surface area (Å²) in [4.78, 5) is 25.6. The van der Waals surface area contributed by atoms with E-state index in [1.54, 1.807) is 17.0 Å². The van der Waals surface area contributed by atoms with Crippen LogP contribution in [0.15, 0.2) is 54.6 Å². The third kappa shape index (κ3) is 4.35. The highest BCUT2D eigenvalue weighted by atomic mass is 35.5. The van der Waals surface area contributed by atoms with Crippen molar-refractivity contribution in [1.29, 1.82) is 0 Å². The first kappa shape index (κ1) is 18.3. The molecule has 2 N–H and O–H groups in total. The molecule has 1 aliphatic rings. The summed E-state index contributed by atoms with van der Waals surface area (Å²) in [5.74, 6) is -1.35. The molecule has 136 valence electrons. The summed E-state index contributed by atoms with van der Waals surface area (Å²) >= 11 is 5.98. The second-order valence-corrected chi connectivity index (χ2v) is 6.90. The summed E-state index contributed by atoms with van der Waals surface area (Å²) in [5.41, 5.74) is 1.87. The van der Waals surface area contributed by atoms with Gasteiger partial charge in [0, 0.05) is 18.1 Å². The molecular weight excluding hydrogens is 352 g/mol. The molecule has 5 nitrogen and oxygen atoms in total. The fourth-order valence-corrected chi connectivity index (χ4v) is 3.36. The van der Waals surface area contributed by atoms with E-state index in [1.807, 2.05) is 42.5 Å². The molecule has 0 spiro atoms. The highest BCUT2D eigenvalue weighted by Crippen LogP contribution is 2.25. The maximum absolute atomic E-state index is 12.8. The number of nitrogens with zero attached hydrogens (tertiary/aromatic N) is 1. The van der Waals surface area contributed by atoms with Gasteiger partial charge in [0.25, 0.3) is 0 Å². The van der Waals surface area contributed by atoms with Gasteiger partial charge >= 0.3 is 12.0 Å². The van der Waals surface area contributed by atoms with Crippen molar-refractivity contribution in [2.45, 2.75) is 18.9 Å². The number of halogens is 1. The topological polar surface area (TPSA) is 69.6 Å². The average Bonchev–Trinajstić information content (AvgIpc) is 2.67. The predicted molar refractivity (Wildman–Crippen MR) is 100 cm³/mol. The zero-order chi connectivity index (χ0) is 18.5. The number of aliphatic carboxylic acids is 1. The smallest absolute Gasteiger partial charge is 0.318 e. The number of carboxylic acids is 1. The van der Waals surface area contributed by atoms with Crippen LogP contribution >= 0.6 is 11.6 Å². The third-order valence-corrected chi connectivity index (χ3v) is 4.91. The molecule has 1 saturated heterocycles. The predicted octanol–water partition coefficient (Wildman–Crippen LogP) is 3.94. The van der Waals surface area contributed by atoms with E-state index >= 15 is 0 Å². The largest absolute Gasteiger partial charge is 0.481 e. The van der Waals surface area contributed by atoms with E-state index in [-0.39, 0.29) is 18.6 Å². The van der Waals surface area contributed by atoms with Crippen molar-refractivity contribution >= 4 is 23.6 Å². The summed E-state index contributed by atoms with van der Waals surface area (Å²) in [7, 11) is 0. The first-order valence-electron chi connectivity index (χ1n) is 8.63. The minimum atomic E-state index is -0.847. The third-order valence-electron chi connectivity index (χ3n) is 4.66. The molecule has 2 amide bonds. The Morgan fingerprint density at radius 3 is 2.38 bits per heavy atom. The number of hydrogen-bond donors (Lipinski definition) is 2. The number of carboxylic acid groups (broad SMARTS) is 1. The van der Waals surface area contributed by atoms with Crippen LogP contribution in [-0.4, -0.2) is 35.1 Å². The van der Waals surface area contributed by atoms with E-state index in [1.165, 1.54) is 0 Å². The number of benzene rings is 2. The lowest BCUT2D eigenvalue weighted by atomic mass is 9.97. The van der Waals surface area contributed by atoms with Gasteiger partial charge in [0.05, 0.1) is 12.0 Å². The first-order chi connectivity index (χ1) is 12.5. The molecule has 26 heavy (non-hydrogen) atoms. The number of carbonyl (C=O) groups excluding carboxylic acids is 1. The Balaban J connectivity index is 1.80. The average molecular weight is 373 g/mol. The second-order valence-electron chi connectivity index (χ2n) is 6.47. The number of piperidine rings is 1. The zero-order valence-corrected chi connectivity index (χ0v) is 15.0. The lowest BCUT2D eigenvalue weighted by Gasteiger charge is -2.32. The van der Waals surface area contributed by atoms with Crippen molar-refractivity contribution in [2.75, 3.05) is 13.1 Å². The monoisotopic (exact) mass is 372 g/mol. The van der Waals surface area contributed by atoms with E-state index < -0.39 is 11.9 Å². The fraction of sp³-hybridized carbons (Fsp3) is 0.300. The summed E-state index contributed by atoms with van der Waals surface area (Å²) in [6.45, 7) is 0.807. The summed E-state index contributed by atoms with van der Waals surface area (Å²) in [6, 6.07) is 16.5. The van der Waals surface area contributed by atoms with Gasteiger partial charge in [-0.25, -0.2) is 4.79 Å². The molecule has 0 aromatic heterocycles. The van der Waals surface area contributed by atoms with Crippen LogP contribution < -0.4 is 5.32 Å². The van der Waals surface area contributed by atoms with Crippen molar-refractivity contribution in [3.05, 3.63) is 70.7 Å². The van der Waals surface area contributed by atoms with Crippen LogP contribution in [0.3, 0.4) is 0 Å². The van der Waals surface area contributed by atoms with Crippen molar-refractivity contribution in [1.82, 2.24) is 10.2 Å². The number of rotatable bonds is 4. The molecule has 0 aliphatic carbocycles. The minimum Gasteiger partial charge on any atom is -0.481 e. The SMILES string of the molecule is O=C(O)C1CCCN(C(=O)NC(c2ccccc2)c2ccc(Cl)cc2)C1. The van der Waals surface area contributed by atoms with Crippen LogP contribution in [0, 0.1) is 5.92 Å². The quantitative estimate of drug-likeness (QED) is 0.854. The van der Waals surface area contributed by atoms with E-state index in [0.717, 1.165) is 11.1 Å². The number of carbonyl (C=O) groups is 2. The van der Waals surface area contributed by atoms with E-state index in [4.69, 9.17) is 11.6 Å². The number of urea groups is 1. The van der Waals surface area contributed by atoms with Crippen molar-refractivity contribution in [3.8, 4) is 0 Å². The van der Waals surface area contributed by atoms with Gasteiger partial charge in [-0.05, 0) is 36.1 Å². The maximum atomic E-state index is 12.8. The Hall–Kier alpha value is -2.53. The van der Waals surface area contributed by atoms with E-state index in [2.05, 4.69) is 5.32 Å². The van der Waals surface area contributed by atoms with E-state index in [0.29, 0.717) is 24.4 Å². The Labute approximate surface area is 157 Å². The summed E-state index contributed by atoms with van der Waals surface area (Å²) < 4.78 is 0. The Morgan fingerprint density at radius 1 is 1.08 bits per heavy atom. The lowest BCUT2D eigenvalue weighted by Crippen LogP contribution is -2.48. The van der Waals surface area contributed by atoms with E-state index in [9.17, 15) is 14.7 Å². The summed E-state index contributed by atoms with van der Waals surface area (Å²) in [5, 5.41) is 12.9. The number of nitrogens with one attached hydrogen (secondary N) is 1. The molecule has 0 saturated carbocycles. The standard InChI is InChI=1S/C20H21ClN2O3/c21-17-10-8-15(9-11-17)18(14-5-2-1-3-6-14)22-20(26)23-12-4-7-16(13-23)19(24)25/h1-3,5-6,8-11,16,18H,4,7,12-13H2,(H,22,26)(H,24,25). The summed E-state index contributed by atoms with van der Waals surface area (Å²) in [6.07, 6.45) is 1.31. The lowest BCUT2D eigenvalue weighted by molar-refractivity contribution is -0.143. The van der Waals surface area contributed by atoms with Crippen LogP contribution in [0.25, 0.3) is 0 Å². The van der Waals surface area contributed by atoms with Crippen LogP contribution in [0.5, 0.6) is 0 Å². The van der Waals surface area contributed by atoms with Gasteiger partial charge in [0.1, 0.15) is 0 Å². The Bertz CT molecular complexity index is 764. The normalized spacial score (nSPS) is 18.2. The second kappa shape index (κ2) is 8.23. The fourth-order valence-electron chi connectivity index (χ4n) is 3.24. The zero-order valence-electron chi connectivity index (χ0n) is 14.3. The van der Waals surface area contributed by atoms with Gasteiger partial charge in [-0.2, -0.15) is 0 Å². The number of hydrogen-bond acceptors (Lipinski definition) is 2. The molecule has 3 rings (SSSR count). The molecule has 6 heteroatoms. The van der Waals surface area contributed by atoms with Crippen molar-refractivity contribution in [2.24, 2.45) is 5.92 Å². The molecule has 1 fully saturated rings. The Morgan fingerprint density at radius 2 is 1.73 bits per heavy atom. The molecule has 2 unspecified atom stereocenters. The molecule has 0 bridgehead atoms. The highest BCUT2D eigenvalue weighted by molar-refractivity contribution is 6.30. The van der Waals surface area contributed by atoms with Crippen LogP contribution in [-0.2, 0) is 4.79 Å². The first-order valence-corrected chi connectivity index (χ1v) is 9.01. The van der Waals surface area contributed by atoms with Crippen molar-refractivity contribution < 1.29 is 14.7 Å². The molecule has 0 radical (unpaired) electrons. The van der Waals surface area contributed by atoms with Gasteiger partial charge in [-0.15, -0.1) is 0 Å². The molecule has 1 aliphatic heterocycles. The molecule has 2 aromatic rings. The number of likely N-dealkylation sites (tertiary alicyclic amines) is 1. The van der Waals surface area contributed by atoms with Gasteiger partial charge in [0.15, 0.2) is 0 Å². The highest BCUT2D eigenvalue weighted by Gasteiger charge is 2.29. The van der Waals surface area contributed by atoms with Gasteiger partial charge in [-0.3, -0.25) is 4.79 Å². The molecule has 2 atom stereocenters. The van der Waals surface area contributed by atoms with Crippen LogP contribution in [0.2, 0.25) is 5.02 Å². The minimum absolute atomic E-state index is 0.239. The van der Waals surface area contributed by atoms with Gasteiger partial charge in [-0.1, -0.05) is 54.1 Å². The van der Waals surface area contributed by atoms with Gasteiger partial charge < -0.3 is 15.3 Å². The van der Waals surface area contributed by atoms with Crippen molar-refractivity contribution in [3.63, 3.8) is 0 Å². The Kier molecular flexibility index (Phi) is 5.78. The number of amides is 2. The molecular formula is C20H21ClN2O3. The molecule has 1 heterocycles. The van der Waals surface area contributed by atoms with Crippen LogP contribution in [0.4, 0.5) is 4.79 Å².